The molecule has 1 fully saturated rings. The van der Waals surface area contributed by atoms with Crippen molar-refractivity contribution in [3.63, 3.8) is 0 Å². The topological polar surface area (TPSA) is 44.1 Å². The van der Waals surface area contributed by atoms with Crippen LogP contribution in [0.15, 0.2) is 33.8 Å². The summed E-state index contributed by atoms with van der Waals surface area (Å²) in [6, 6.07) is 5.55. The van der Waals surface area contributed by atoms with Gasteiger partial charge in [-0.1, -0.05) is 15.9 Å². The fourth-order valence-electron chi connectivity index (χ4n) is 2.27. The van der Waals surface area contributed by atoms with Crippen LogP contribution >= 0.6 is 15.9 Å². The van der Waals surface area contributed by atoms with Crippen LogP contribution in [0.25, 0.3) is 10.9 Å². The minimum absolute atomic E-state index is 0.00296. The summed E-state index contributed by atoms with van der Waals surface area (Å²) in [7, 11) is 0. The first-order valence-electron chi connectivity index (χ1n) is 6.00. The third-order valence-electron chi connectivity index (χ3n) is 3.21. The second-order valence-corrected chi connectivity index (χ2v) is 5.41. The molecule has 5 heteroatoms. The van der Waals surface area contributed by atoms with Gasteiger partial charge in [0.2, 0.25) is 0 Å². The molecular weight excluding hydrogens is 296 g/mol. The fraction of sp³-hybridized carbons (Fsp3) is 0.385. The van der Waals surface area contributed by atoms with E-state index in [1.165, 1.54) is 0 Å². The van der Waals surface area contributed by atoms with Crippen molar-refractivity contribution in [2.24, 2.45) is 0 Å². The van der Waals surface area contributed by atoms with Gasteiger partial charge < -0.3 is 4.74 Å². The molecular formula is C13H13BrN2O2. The summed E-state index contributed by atoms with van der Waals surface area (Å²) < 4.78 is 8.09. The standard InChI is InChI=1S/C13H13BrN2O2/c14-9-3-4-12-11(6-9)13(17)16(8-15-12)7-10-2-1-5-18-10/h3-4,6,8,10H,1-2,5,7H2/t10-/m1/s1. The van der Waals surface area contributed by atoms with Gasteiger partial charge in [0, 0.05) is 11.1 Å². The van der Waals surface area contributed by atoms with Gasteiger partial charge in [-0.3, -0.25) is 9.36 Å². The Hall–Kier alpha value is -1.20. The molecule has 0 N–H and O–H groups in total. The van der Waals surface area contributed by atoms with Crippen molar-refractivity contribution >= 4 is 26.8 Å². The summed E-state index contributed by atoms with van der Waals surface area (Å²) in [5, 5.41) is 0.643. The van der Waals surface area contributed by atoms with Gasteiger partial charge >= 0.3 is 0 Å². The summed E-state index contributed by atoms with van der Waals surface area (Å²) in [6.07, 6.45) is 3.85. The second kappa shape index (κ2) is 4.82. The smallest absolute Gasteiger partial charge is 0.261 e. The lowest BCUT2D eigenvalue weighted by Crippen LogP contribution is -2.26. The molecule has 18 heavy (non-hydrogen) atoms. The van der Waals surface area contributed by atoms with Crippen molar-refractivity contribution in [3.8, 4) is 0 Å². The lowest BCUT2D eigenvalue weighted by atomic mass is 10.2. The molecule has 0 bridgehead atoms. The van der Waals surface area contributed by atoms with Crippen LogP contribution in [0.5, 0.6) is 0 Å². The van der Waals surface area contributed by atoms with Gasteiger partial charge in [-0.2, -0.15) is 0 Å². The van der Waals surface area contributed by atoms with Crippen molar-refractivity contribution in [3.05, 3.63) is 39.4 Å². The number of hydrogen-bond acceptors (Lipinski definition) is 3. The Morgan fingerprint density at radius 3 is 3.17 bits per heavy atom. The molecule has 2 heterocycles. The molecule has 1 aromatic carbocycles. The van der Waals surface area contributed by atoms with E-state index >= 15 is 0 Å². The highest BCUT2D eigenvalue weighted by molar-refractivity contribution is 9.10. The molecule has 1 aromatic heterocycles. The van der Waals surface area contributed by atoms with E-state index in [0.29, 0.717) is 11.9 Å². The molecule has 3 rings (SSSR count). The molecule has 0 amide bonds. The highest BCUT2D eigenvalue weighted by Crippen LogP contribution is 2.16. The molecule has 0 saturated carbocycles. The average molecular weight is 309 g/mol. The molecule has 1 saturated heterocycles. The normalized spacial score (nSPS) is 19.5. The highest BCUT2D eigenvalue weighted by atomic mass is 79.9. The Morgan fingerprint density at radius 2 is 2.39 bits per heavy atom. The number of benzene rings is 1. The first kappa shape index (κ1) is 11.9. The van der Waals surface area contributed by atoms with E-state index in [4.69, 9.17) is 4.74 Å². The van der Waals surface area contributed by atoms with Gasteiger partial charge in [0.1, 0.15) is 0 Å². The molecule has 1 atom stereocenters. The van der Waals surface area contributed by atoms with Crippen LogP contribution in [-0.4, -0.2) is 22.3 Å². The maximum Gasteiger partial charge on any atom is 0.261 e. The van der Waals surface area contributed by atoms with Gasteiger partial charge in [-0.15, -0.1) is 0 Å². The van der Waals surface area contributed by atoms with Gasteiger partial charge in [0.25, 0.3) is 5.56 Å². The first-order chi connectivity index (χ1) is 8.74. The largest absolute Gasteiger partial charge is 0.376 e. The third-order valence-corrected chi connectivity index (χ3v) is 3.70. The molecule has 0 aliphatic carbocycles. The third kappa shape index (κ3) is 2.20. The summed E-state index contributed by atoms with van der Waals surface area (Å²) in [5.41, 5.74) is 0.726. The van der Waals surface area contributed by atoms with Gasteiger partial charge in [0.15, 0.2) is 0 Å². The zero-order valence-electron chi connectivity index (χ0n) is 9.80. The van der Waals surface area contributed by atoms with Gasteiger partial charge in [0.05, 0.1) is 29.9 Å². The molecule has 94 valence electrons. The highest BCUT2D eigenvalue weighted by Gasteiger charge is 2.17. The molecule has 1 aliphatic rings. The molecule has 1 aliphatic heterocycles. The zero-order chi connectivity index (χ0) is 12.5. The maximum atomic E-state index is 12.3. The predicted molar refractivity (Wildman–Crippen MR) is 72.7 cm³/mol. The van der Waals surface area contributed by atoms with E-state index in [0.717, 1.165) is 29.4 Å². The van der Waals surface area contributed by atoms with Crippen LogP contribution in [-0.2, 0) is 11.3 Å². The summed E-state index contributed by atoms with van der Waals surface area (Å²) in [5.74, 6) is 0. The van der Waals surface area contributed by atoms with Gasteiger partial charge in [-0.05, 0) is 31.0 Å². The molecule has 2 aromatic rings. The van der Waals surface area contributed by atoms with Crippen LogP contribution < -0.4 is 5.56 Å². The number of halogens is 1. The van der Waals surface area contributed by atoms with Crippen molar-refractivity contribution in [1.82, 2.24) is 9.55 Å². The van der Waals surface area contributed by atoms with E-state index in [2.05, 4.69) is 20.9 Å². The summed E-state index contributed by atoms with van der Waals surface area (Å²) >= 11 is 3.38. The summed E-state index contributed by atoms with van der Waals surface area (Å²) in [4.78, 5) is 16.6. The number of fused-ring (bicyclic) bond motifs is 1. The van der Waals surface area contributed by atoms with E-state index in [1.807, 2.05) is 18.2 Å². The Balaban J connectivity index is 2.02. The quantitative estimate of drug-likeness (QED) is 0.855. The number of hydrogen-bond donors (Lipinski definition) is 0. The Bertz CT molecular complexity index is 632. The predicted octanol–water partition coefficient (Wildman–Crippen LogP) is 2.34. The number of rotatable bonds is 2. The monoisotopic (exact) mass is 308 g/mol. The zero-order valence-corrected chi connectivity index (χ0v) is 11.4. The van der Waals surface area contributed by atoms with Crippen LogP contribution in [0.4, 0.5) is 0 Å². The number of aromatic nitrogens is 2. The SMILES string of the molecule is O=c1c2cc(Br)ccc2ncn1C[C@H]1CCCO1. The Kier molecular flexibility index (Phi) is 3.18. The van der Waals surface area contributed by atoms with Crippen molar-refractivity contribution in [2.75, 3.05) is 6.61 Å². The second-order valence-electron chi connectivity index (χ2n) is 4.50. The molecule has 0 spiro atoms. The summed E-state index contributed by atoms with van der Waals surface area (Å²) in [6.45, 7) is 1.39. The van der Waals surface area contributed by atoms with Gasteiger partial charge in [-0.25, -0.2) is 4.98 Å². The molecule has 0 radical (unpaired) electrons. The van der Waals surface area contributed by atoms with Crippen molar-refractivity contribution in [1.29, 1.82) is 0 Å². The van der Waals surface area contributed by atoms with Crippen LogP contribution in [0, 0.1) is 0 Å². The van der Waals surface area contributed by atoms with E-state index in [-0.39, 0.29) is 11.7 Å². The minimum Gasteiger partial charge on any atom is -0.376 e. The first-order valence-corrected chi connectivity index (χ1v) is 6.79. The number of ether oxygens (including phenoxy) is 1. The lowest BCUT2D eigenvalue weighted by molar-refractivity contribution is 0.0960. The van der Waals surface area contributed by atoms with E-state index < -0.39 is 0 Å². The van der Waals surface area contributed by atoms with Crippen LogP contribution in [0.1, 0.15) is 12.8 Å². The van der Waals surface area contributed by atoms with Crippen molar-refractivity contribution < 1.29 is 4.74 Å². The van der Waals surface area contributed by atoms with Crippen LogP contribution in [0.2, 0.25) is 0 Å². The molecule has 4 nitrogen and oxygen atoms in total. The Labute approximate surface area is 113 Å². The van der Waals surface area contributed by atoms with E-state index in [9.17, 15) is 4.79 Å². The minimum atomic E-state index is -0.00296. The lowest BCUT2D eigenvalue weighted by Gasteiger charge is -2.11. The number of nitrogens with zero attached hydrogens (tertiary/aromatic N) is 2. The molecule has 0 unspecified atom stereocenters. The van der Waals surface area contributed by atoms with Crippen LogP contribution in [0.3, 0.4) is 0 Å². The fourth-order valence-corrected chi connectivity index (χ4v) is 2.63. The Morgan fingerprint density at radius 1 is 1.50 bits per heavy atom. The van der Waals surface area contributed by atoms with Crippen molar-refractivity contribution in [2.45, 2.75) is 25.5 Å². The maximum absolute atomic E-state index is 12.3. The average Bonchev–Trinajstić information content (AvgIpc) is 2.86. The van der Waals surface area contributed by atoms with E-state index in [1.54, 1.807) is 10.9 Å².